The first-order valence-corrected chi connectivity index (χ1v) is 11.1. The van der Waals surface area contributed by atoms with Gasteiger partial charge < -0.3 is 5.32 Å². The van der Waals surface area contributed by atoms with Crippen LogP contribution in [0.2, 0.25) is 5.02 Å². The van der Waals surface area contributed by atoms with E-state index in [0.717, 1.165) is 22.3 Å². The van der Waals surface area contributed by atoms with E-state index < -0.39 is 0 Å². The van der Waals surface area contributed by atoms with Gasteiger partial charge in [0, 0.05) is 34.5 Å². The van der Waals surface area contributed by atoms with Crippen molar-refractivity contribution >= 4 is 17.5 Å². The number of hydrogen-bond donors (Lipinski definition) is 1. The molecule has 1 atom stereocenters. The fraction of sp³-hybridized carbons (Fsp3) is 0.240. The second-order valence-electron chi connectivity index (χ2n) is 8.33. The number of hydrogen-bond acceptors (Lipinski definition) is 5. The molecule has 0 aliphatic carbocycles. The molecule has 1 unspecified atom stereocenters. The Kier molecular flexibility index (Phi) is 6.51. The van der Waals surface area contributed by atoms with Crippen molar-refractivity contribution in [3.63, 3.8) is 0 Å². The average molecular weight is 461 g/mol. The highest BCUT2D eigenvalue weighted by Gasteiger charge is 2.18. The minimum absolute atomic E-state index is 0.107. The molecule has 0 bridgehead atoms. The SMILES string of the molecule is Cc1ccc(-c2cc(C(=O)NC(C)c3ccncc3)cc(-n3nnnc3C(C)C)c2)c(Cl)c1. The highest BCUT2D eigenvalue weighted by Crippen LogP contribution is 2.32. The molecule has 0 aliphatic heterocycles. The van der Waals surface area contributed by atoms with Crippen LogP contribution in [0.1, 0.15) is 60.0 Å². The first-order chi connectivity index (χ1) is 15.8. The van der Waals surface area contributed by atoms with Gasteiger partial charge >= 0.3 is 0 Å². The fourth-order valence-corrected chi connectivity index (χ4v) is 3.97. The molecule has 4 rings (SSSR count). The number of carbonyl (C=O) groups excluding carboxylic acids is 1. The summed E-state index contributed by atoms with van der Waals surface area (Å²) in [5, 5.41) is 15.9. The van der Waals surface area contributed by atoms with E-state index in [9.17, 15) is 4.79 Å². The van der Waals surface area contributed by atoms with Crippen molar-refractivity contribution < 1.29 is 4.79 Å². The Morgan fingerprint density at radius 3 is 2.48 bits per heavy atom. The van der Waals surface area contributed by atoms with E-state index in [-0.39, 0.29) is 17.9 Å². The molecule has 0 saturated heterocycles. The molecule has 2 aromatic heterocycles. The third-order valence-electron chi connectivity index (χ3n) is 5.42. The zero-order chi connectivity index (χ0) is 23.5. The predicted octanol–water partition coefficient (Wildman–Crippen LogP) is 5.30. The van der Waals surface area contributed by atoms with Gasteiger partial charge in [-0.25, -0.2) is 0 Å². The molecule has 168 valence electrons. The standard InChI is InChI=1S/C25H25ClN6O/c1-15(2)24-29-30-31-32(24)21-13-19(22-6-5-16(3)11-23(22)26)12-20(14-21)25(33)28-17(4)18-7-9-27-10-8-18/h5-15,17H,1-4H3,(H,28,33). The molecule has 0 aliphatic rings. The molecule has 8 heteroatoms. The maximum atomic E-state index is 13.3. The first kappa shape index (κ1) is 22.6. The normalized spacial score (nSPS) is 12.1. The Morgan fingerprint density at radius 2 is 1.79 bits per heavy atom. The van der Waals surface area contributed by atoms with Crippen molar-refractivity contribution in [2.75, 3.05) is 0 Å². The molecule has 0 fully saturated rings. The molecule has 1 N–H and O–H groups in total. The number of pyridine rings is 1. The number of amides is 1. The highest BCUT2D eigenvalue weighted by atomic mass is 35.5. The summed E-state index contributed by atoms with van der Waals surface area (Å²) < 4.78 is 1.67. The molecule has 7 nitrogen and oxygen atoms in total. The summed E-state index contributed by atoms with van der Waals surface area (Å²) in [7, 11) is 0. The molecule has 0 saturated carbocycles. The number of aromatic nitrogens is 5. The van der Waals surface area contributed by atoms with Crippen LogP contribution >= 0.6 is 11.6 Å². The lowest BCUT2D eigenvalue weighted by atomic mass is 10.00. The average Bonchev–Trinajstić information content (AvgIpc) is 3.30. The van der Waals surface area contributed by atoms with Crippen LogP contribution in [-0.2, 0) is 0 Å². The largest absolute Gasteiger partial charge is 0.346 e. The van der Waals surface area contributed by atoms with Crippen molar-refractivity contribution in [1.82, 2.24) is 30.5 Å². The summed E-state index contributed by atoms with van der Waals surface area (Å²) in [6, 6.07) is 15.0. The minimum Gasteiger partial charge on any atom is -0.346 e. The van der Waals surface area contributed by atoms with E-state index in [2.05, 4.69) is 25.8 Å². The summed E-state index contributed by atoms with van der Waals surface area (Å²) in [6.45, 7) is 7.97. The minimum atomic E-state index is -0.204. The lowest BCUT2D eigenvalue weighted by Crippen LogP contribution is -2.27. The zero-order valence-corrected chi connectivity index (χ0v) is 19.7. The van der Waals surface area contributed by atoms with Gasteiger partial charge in [-0.2, -0.15) is 4.68 Å². The van der Waals surface area contributed by atoms with E-state index in [1.165, 1.54) is 0 Å². The quantitative estimate of drug-likeness (QED) is 0.422. The third-order valence-corrected chi connectivity index (χ3v) is 5.74. The second-order valence-corrected chi connectivity index (χ2v) is 8.74. The number of rotatable bonds is 6. The van der Waals surface area contributed by atoms with E-state index in [1.54, 1.807) is 23.1 Å². The van der Waals surface area contributed by atoms with Crippen LogP contribution in [0.25, 0.3) is 16.8 Å². The van der Waals surface area contributed by atoms with Gasteiger partial charge in [-0.15, -0.1) is 5.10 Å². The fourth-order valence-electron chi connectivity index (χ4n) is 3.63. The number of halogens is 1. The Balaban J connectivity index is 1.79. The maximum absolute atomic E-state index is 13.3. The molecule has 0 radical (unpaired) electrons. The van der Waals surface area contributed by atoms with Crippen LogP contribution in [0.15, 0.2) is 60.9 Å². The smallest absolute Gasteiger partial charge is 0.251 e. The Labute approximate surface area is 197 Å². The number of carbonyl (C=O) groups is 1. The van der Waals surface area contributed by atoms with E-state index >= 15 is 0 Å². The zero-order valence-electron chi connectivity index (χ0n) is 19.0. The number of tetrazole rings is 1. The lowest BCUT2D eigenvalue weighted by Gasteiger charge is -2.16. The lowest BCUT2D eigenvalue weighted by molar-refractivity contribution is 0.0940. The van der Waals surface area contributed by atoms with Crippen LogP contribution in [0.5, 0.6) is 0 Å². The van der Waals surface area contributed by atoms with Crippen LogP contribution in [0.4, 0.5) is 0 Å². The first-order valence-electron chi connectivity index (χ1n) is 10.7. The summed E-state index contributed by atoms with van der Waals surface area (Å²) in [5.41, 5.74) is 4.86. The molecule has 2 heterocycles. The van der Waals surface area contributed by atoms with E-state index in [0.29, 0.717) is 22.1 Å². The van der Waals surface area contributed by atoms with Crippen molar-refractivity contribution in [3.05, 3.63) is 88.5 Å². The van der Waals surface area contributed by atoms with Gasteiger partial charge in [0.05, 0.1) is 11.7 Å². The topological polar surface area (TPSA) is 85.6 Å². The molecule has 4 aromatic rings. The van der Waals surface area contributed by atoms with Gasteiger partial charge in [0.15, 0.2) is 5.82 Å². The monoisotopic (exact) mass is 460 g/mol. The molecule has 2 aromatic carbocycles. The summed E-state index contributed by atoms with van der Waals surface area (Å²) >= 11 is 6.57. The van der Waals surface area contributed by atoms with Crippen LogP contribution in [-0.4, -0.2) is 31.1 Å². The van der Waals surface area contributed by atoms with Crippen molar-refractivity contribution in [2.45, 2.75) is 39.7 Å². The molecular formula is C25H25ClN6O. The van der Waals surface area contributed by atoms with Crippen molar-refractivity contribution in [1.29, 1.82) is 0 Å². The van der Waals surface area contributed by atoms with Gasteiger partial charge in [-0.3, -0.25) is 9.78 Å². The third kappa shape index (κ3) is 4.93. The summed E-state index contributed by atoms with van der Waals surface area (Å²) in [4.78, 5) is 17.3. The summed E-state index contributed by atoms with van der Waals surface area (Å²) in [5.74, 6) is 0.610. The van der Waals surface area contributed by atoms with E-state index in [1.807, 2.05) is 70.2 Å². The van der Waals surface area contributed by atoms with Crippen LogP contribution in [0, 0.1) is 6.92 Å². The molecule has 0 spiro atoms. The number of nitrogens with zero attached hydrogens (tertiary/aromatic N) is 5. The number of nitrogens with one attached hydrogen (secondary N) is 1. The molecule has 33 heavy (non-hydrogen) atoms. The second kappa shape index (κ2) is 9.50. The van der Waals surface area contributed by atoms with Crippen LogP contribution < -0.4 is 5.32 Å². The number of benzene rings is 2. The van der Waals surface area contributed by atoms with E-state index in [4.69, 9.17) is 11.6 Å². The van der Waals surface area contributed by atoms with Gasteiger partial charge in [-0.05, 0) is 77.4 Å². The Hall–Kier alpha value is -3.58. The number of aryl methyl sites for hydroxylation is 1. The van der Waals surface area contributed by atoms with Crippen molar-refractivity contribution in [2.24, 2.45) is 0 Å². The highest BCUT2D eigenvalue weighted by molar-refractivity contribution is 6.33. The van der Waals surface area contributed by atoms with Gasteiger partial charge in [-0.1, -0.05) is 37.6 Å². The Morgan fingerprint density at radius 1 is 1.03 bits per heavy atom. The molecular weight excluding hydrogens is 436 g/mol. The van der Waals surface area contributed by atoms with Gasteiger partial charge in [0.1, 0.15) is 0 Å². The van der Waals surface area contributed by atoms with Crippen LogP contribution in [0.3, 0.4) is 0 Å². The molecule has 1 amide bonds. The Bertz CT molecular complexity index is 1290. The maximum Gasteiger partial charge on any atom is 0.251 e. The van der Waals surface area contributed by atoms with Gasteiger partial charge in [0.2, 0.25) is 0 Å². The summed E-state index contributed by atoms with van der Waals surface area (Å²) in [6.07, 6.45) is 3.42. The predicted molar refractivity (Wildman–Crippen MR) is 129 cm³/mol. The van der Waals surface area contributed by atoms with Crippen molar-refractivity contribution in [3.8, 4) is 16.8 Å². The van der Waals surface area contributed by atoms with Gasteiger partial charge in [0.25, 0.3) is 5.91 Å².